The van der Waals surface area contributed by atoms with E-state index in [4.69, 9.17) is 0 Å². The molecule has 2 rings (SSSR count). The van der Waals surface area contributed by atoms with Crippen LogP contribution in [0.5, 0.6) is 0 Å². The molecular formula is C12H14BrNO2S. The Labute approximate surface area is 113 Å². The van der Waals surface area contributed by atoms with E-state index < -0.39 is 11.5 Å². The molecule has 0 saturated carbocycles. The van der Waals surface area contributed by atoms with Gasteiger partial charge in [-0.05, 0) is 36.8 Å². The van der Waals surface area contributed by atoms with E-state index >= 15 is 0 Å². The molecule has 1 aliphatic heterocycles. The highest BCUT2D eigenvalue weighted by Crippen LogP contribution is 2.31. The number of benzene rings is 1. The first-order valence-electron chi connectivity index (χ1n) is 5.47. The number of thioether (sulfide) groups is 1. The van der Waals surface area contributed by atoms with E-state index in [0.29, 0.717) is 12.2 Å². The highest BCUT2D eigenvalue weighted by Gasteiger charge is 2.40. The molecule has 1 heterocycles. The summed E-state index contributed by atoms with van der Waals surface area (Å²) >= 11 is 5.09. The van der Waals surface area contributed by atoms with E-state index in [1.54, 1.807) is 11.8 Å². The zero-order valence-corrected chi connectivity index (χ0v) is 11.7. The van der Waals surface area contributed by atoms with E-state index in [2.05, 4.69) is 21.2 Å². The van der Waals surface area contributed by atoms with Crippen LogP contribution in [0.25, 0.3) is 0 Å². The molecule has 0 spiro atoms. The molecule has 0 radical (unpaired) electrons. The van der Waals surface area contributed by atoms with Crippen molar-refractivity contribution in [2.75, 3.05) is 16.8 Å². The van der Waals surface area contributed by atoms with Gasteiger partial charge in [0, 0.05) is 15.9 Å². The van der Waals surface area contributed by atoms with Crippen LogP contribution in [0.15, 0.2) is 28.7 Å². The van der Waals surface area contributed by atoms with Crippen LogP contribution in [0, 0.1) is 0 Å². The van der Waals surface area contributed by atoms with Gasteiger partial charge in [0.25, 0.3) is 0 Å². The van der Waals surface area contributed by atoms with Gasteiger partial charge in [-0.15, -0.1) is 0 Å². The lowest BCUT2D eigenvalue weighted by Crippen LogP contribution is -2.50. The second-order valence-electron chi connectivity index (χ2n) is 4.18. The van der Waals surface area contributed by atoms with Crippen LogP contribution < -0.4 is 5.32 Å². The van der Waals surface area contributed by atoms with Gasteiger partial charge in [0.15, 0.2) is 0 Å². The van der Waals surface area contributed by atoms with Gasteiger partial charge in [0.05, 0.1) is 0 Å². The fraction of sp³-hybridized carbons (Fsp3) is 0.417. The highest BCUT2D eigenvalue weighted by molar-refractivity contribution is 9.10. The van der Waals surface area contributed by atoms with Crippen molar-refractivity contribution in [3.05, 3.63) is 28.7 Å². The van der Waals surface area contributed by atoms with Crippen LogP contribution in [-0.4, -0.2) is 28.1 Å². The Balaban J connectivity index is 2.20. The van der Waals surface area contributed by atoms with Crippen molar-refractivity contribution >= 4 is 39.3 Å². The molecule has 1 atom stereocenters. The molecule has 92 valence electrons. The molecule has 0 amide bonds. The van der Waals surface area contributed by atoms with Gasteiger partial charge in [-0.3, -0.25) is 0 Å². The molecule has 1 unspecified atom stereocenters. The monoisotopic (exact) mass is 315 g/mol. The lowest BCUT2D eigenvalue weighted by Gasteiger charge is -2.34. The lowest BCUT2D eigenvalue weighted by atomic mass is 9.95. The third kappa shape index (κ3) is 2.96. The minimum Gasteiger partial charge on any atom is -0.479 e. The Bertz CT molecular complexity index is 419. The van der Waals surface area contributed by atoms with Crippen molar-refractivity contribution in [3.63, 3.8) is 0 Å². The number of rotatable bonds is 3. The standard InChI is InChI=1S/C12H14BrNO2S/c13-9-3-1-4-10(7-9)14-12(11(15)16)5-2-6-17-8-12/h1,3-4,7,14H,2,5-6,8H2,(H,15,16). The number of carbonyl (C=O) groups is 1. The Kier molecular flexibility index (Phi) is 3.99. The van der Waals surface area contributed by atoms with E-state index in [-0.39, 0.29) is 0 Å². The Morgan fingerprint density at radius 1 is 1.53 bits per heavy atom. The minimum absolute atomic E-state index is 0.620. The van der Waals surface area contributed by atoms with Crippen molar-refractivity contribution < 1.29 is 9.90 Å². The molecule has 1 fully saturated rings. The average molecular weight is 316 g/mol. The maximum absolute atomic E-state index is 11.5. The van der Waals surface area contributed by atoms with Gasteiger partial charge in [-0.2, -0.15) is 11.8 Å². The van der Waals surface area contributed by atoms with Crippen LogP contribution in [0.1, 0.15) is 12.8 Å². The Morgan fingerprint density at radius 3 is 2.94 bits per heavy atom. The molecule has 1 aromatic rings. The van der Waals surface area contributed by atoms with Gasteiger partial charge in [-0.1, -0.05) is 22.0 Å². The fourth-order valence-corrected chi connectivity index (χ4v) is 3.54. The number of anilines is 1. The summed E-state index contributed by atoms with van der Waals surface area (Å²) < 4.78 is 0.950. The maximum Gasteiger partial charge on any atom is 0.330 e. The number of hydrogen-bond acceptors (Lipinski definition) is 3. The second kappa shape index (κ2) is 5.31. The normalized spacial score (nSPS) is 24.3. The number of hydrogen-bond donors (Lipinski definition) is 2. The number of halogens is 1. The summed E-state index contributed by atoms with van der Waals surface area (Å²) in [4.78, 5) is 11.5. The SMILES string of the molecule is O=C(O)C1(Nc2cccc(Br)c2)CCCSC1. The van der Waals surface area contributed by atoms with Crippen LogP contribution >= 0.6 is 27.7 Å². The summed E-state index contributed by atoms with van der Waals surface area (Å²) in [5.41, 5.74) is 0.0354. The minimum atomic E-state index is -0.816. The summed E-state index contributed by atoms with van der Waals surface area (Å²) in [7, 11) is 0. The summed E-state index contributed by atoms with van der Waals surface area (Å²) in [5.74, 6) is 0.911. The molecular weight excluding hydrogens is 302 g/mol. The summed E-state index contributed by atoms with van der Waals surface area (Å²) in [6.45, 7) is 0. The number of carboxylic acid groups (broad SMARTS) is 1. The Morgan fingerprint density at radius 2 is 2.35 bits per heavy atom. The van der Waals surface area contributed by atoms with Crippen LogP contribution in [0.3, 0.4) is 0 Å². The fourth-order valence-electron chi connectivity index (χ4n) is 1.96. The quantitative estimate of drug-likeness (QED) is 0.899. The maximum atomic E-state index is 11.5. The highest BCUT2D eigenvalue weighted by atomic mass is 79.9. The second-order valence-corrected chi connectivity index (χ2v) is 6.20. The largest absolute Gasteiger partial charge is 0.479 e. The van der Waals surface area contributed by atoms with Gasteiger partial charge >= 0.3 is 5.97 Å². The molecule has 1 aromatic carbocycles. The molecule has 0 aliphatic carbocycles. The van der Waals surface area contributed by atoms with E-state index in [9.17, 15) is 9.90 Å². The number of carboxylic acids is 1. The van der Waals surface area contributed by atoms with Gasteiger partial charge in [0.1, 0.15) is 5.54 Å². The first-order chi connectivity index (χ1) is 8.12. The topological polar surface area (TPSA) is 49.3 Å². The van der Waals surface area contributed by atoms with E-state index in [0.717, 1.165) is 22.3 Å². The van der Waals surface area contributed by atoms with Gasteiger partial charge in [-0.25, -0.2) is 4.79 Å². The number of nitrogens with one attached hydrogen (secondary N) is 1. The van der Waals surface area contributed by atoms with Crippen molar-refractivity contribution in [3.8, 4) is 0 Å². The molecule has 0 aromatic heterocycles. The average Bonchev–Trinajstić information content (AvgIpc) is 2.30. The molecule has 2 N–H and O–H groups in total. The van der Waals surface area contributed by atoms with Crippen LogP contribution in [0.2, 0.25) is 0 Å². The van der Waals surface area contributed by atoms with Gasteiger partial charge in [0.2, 0.25) is 0 Å². The van der Waals surface area contributed by atoms with Crippen molar-refractivity contribution in [2.45, 2.75) is 18.4 Å². The first kappa shape index (κ1) is 12.8. The number of aliphatic carboxylic acids is 1. The van der Waals surface area contributed by atoms with Crippen LogP contribution in [0.4, 0.5) is 5.69 Å². The zero-order chi connectivity index (χ0) is 12.3. The predicted octanol–water partition coefficient (Wildman–Crippen LogP) is 3.21. The molecule has 1 aliphatic rings. The van der Waals surface area contributed by atoms with Gasteiger partial charge < -0.3 is 10.4 Å². The Hall–Kier alpha value is -0.680. The summed E-state index contributed by atoms with van der Waals surface area (Å²) in [5, 5.41) is 12.6. The smallest absolute Gasteiger partial charge is 0.330 e. The van der Waals surface area contributed by atoms with E-state index in [1.807, 2.05) is 24.3 Å². The molecule has 17 heavy (non-hydrogen) atoms. The summed E-state index contributed by atoms with van der Waals surface area (Å²) in [6, 6.07) is 7.63. The zero-order valence-electron chi connectivity index (χ0n) is 9.28. The van der Waals surface area contributed by atoms with E-state index in [1.165, 1.54) is 0 Å². The third-order valence-corrected chi connectivity index (χ3v) is 4.63. The van der Waals surface area contributed by atoms with Crippen LogP contribution in [-0.2, 0) is 4.79 Å². The lowest BCUT2D eigenvalue weighted by molar-refractivity contribution is -0.141. The van der Waals surface area contributed by atoms with Crippen molar-refractivity contribution in [2.24, 2.45) is 0 Å². The predicted molar refractivity (Wildman–Crippen MR) is 74.7 cm³/mol. The van der Waals surface area contributed by atoms with Crippen molar-refractivity contribution in [1.29, 1.82) is 0 Å². The molecule has 5 heteroatoms. The third-order valence-electron chi connectivity index (χ3n) is 2.86. The first-order valence-corrected chi connectivity index (χ1v) is 7.42. The molecule has 1 saturated heterocycles. The molecule has 0 bridgehead atoms. The summed E-state index contributed by atoms with van der Waals surface area (Å²) in [6.07, 6.45) is 1.62. The van der Waals surface area contributed by atoms with Crippen molar-refractivity contribution in [1.82, 2.24) is 0 Å². The molecule has 3 nitrogen and oxygen atoms in total.